The quantitative estimate of drug-likeness (QED) is 0.604. The molecule has 0 aliphatic heterocycles. The van der Waals surface area contributed by atoms with Crippen molar-refractivity contribution in [3.8, 4) is 0 Å². The summed E-state index contributed by atoms with van der Waals surface area (Å²) in [4.78, 5) is 11.2. The fraction of sp³-hybridized carbons (Fsp3) is 0.182. The van der Waals surface area contributed by atoms with Gasteiger partial charge in [0.25, 0.3) is 0 Å². The number of ketones is 1. The molecule has 1 aromatic heterocycles. The third-order valence-corrected chi connectivity index (χ3v) is 2.21. The molecule has 0 aliphatic rings. The fourth-order valence-electron chi connectivity index (χ4n) is 1.56. The zero-order valence-corrected chi connectivity index (χ0v) is 7.66. The molecule has 1 heterocycles. The molecule has 0 saturated carbocycles. The van der Waals surface area contributed by atoms with Crippen LogP contribution >= 0.6 is 0 Å². The van der Waals surface area contributed by atoms with E-state index in [0.29, 0.717) is 0 Å². The van der Waals surface area contributed by atoms with Crippen molar-refractivity contribution in [3.05, 3.63) is 36.0 Å². The summed E-state index contributed by atoms with van der Waals surface area (Å²) in [5.74, 6) is 0.102. The van der Waals surface area contributed by atoms with E-state index in [1.54, 1.807) is 6.92 Å². The van der Waals surface area contributed by atoms with Crippen LogP contribution in [0.4, 0.5) is 0 Å². The van der Waals surface area contributed by atoms with Crippen LogP contribution in [0.25, 0.3) is 10.9 Å². The highest BCUT2D eigenvalue weighted by Crippen LogP contribution is 2.19. The van der Waals surface area contributed by atoms with Crippen LogP contribution < -0.4 is 0 Å². The molecule has 2 heteroatoms. The minimum atomic E-state index is 0.102. The number of aryl methyl sites for hydroxylation is 1. The highest BCUT2D eigenvalue weighted by molar-refractivity contribution is 6.06. The van der Waals surface area contributed by atoms with Crippen molar-refractivity contribution >= 4 is 16.7 Å². The lowest BCUT2D eigenvalue weighted by atomic mass is 10.1. The molecule has 0 unspecified atom stereocenters. The molecule has 1 aromatic carbocycles. The van der Waals surface area contributed by atoms with Gasteiger partial charge in [-0.3, -0.25) is 4.79 Å². The Morgan fingerprint density at radius 2 is 2.31 bits per heavy atom. The average molecular weight is 172 g/mol. The van der Waals surface area contributed by atoms with E-state index in [-0.39, 0.29) is 5.78 Å². The van der Waals surface area contributed by atoms with Gasteiger partial charge in [-0.15, -0.1) is 0 Å². The summed E-state index contributed by atoms with van der Waals surface area (Å²) < 4.78 is 1.96. The maximum Gasteiger partial charge on any atom is 0.161 e. The molecule has 13 heavy (non-hydrogen) atoms. The number of hydrogen-bond acceptors (Lipinski definition) is 1. The fourth-order valence-corrected chi connectivity index (χ4v) is 1.56. The Hall–Kier alpha value is -1.57. The van der Waals surface area contributed by atoms with E-state index in [9.17, 15) is 4.79 Å². The van der Waals surface area contributed by atoms with Crippen LogP contribution in [0.5, 0.6) is 0 Å². The third-order valence-electron chi connectivity index (χ3n) is 2.21. The predicted octanol–water partition coefficient (Wildman–Crippen LogP) is 2.18. The van der Waals surface area contributed by atoms with Gasteiger partial charge in [-0.2, -0.15) is 0 Å². The average Bonchev–Trinajstić information content (AvgIpc) is 2.45. The zero-order chi connectivity index (χ0) is 9.42. The Morgan fingerprint density at radius 3 is 3.00 bits per heavy atom. The second kappa shape index (κ2) is 2.73. The minimum absolute atomic E-state index is 0.102. The van der Waals surface area contributed by atoms with Gasteiger partial charge >= 0.3 is 0 Å². The molecule has 0 N–H and O–H groups in total. The number of rotatable bonds is 1. The minimum Gasteiger partial charge on any atom is -0.350 e. The van der Waals surface area contributed by atoms with Gasteiger partial charge in [0.2, 0.25) is 0 Å². The summed E-state index contributed by atoms with van der Waals surface area (Å²) in [5.41, 5.74) is 1.85. The van der Waals surface area contributed by atoms with E-state index in [0.717, 1.165) is 16.5 Å². The van der Waals surface area contributed by atoms with Gasteiger partial charge in [-0.25, -0.2) is 0 Å². The Kier molecular flexibility index (Phi) is 1.69. The molecule has 2 rings (SSSR count). The molecule has 0 saturated heterocycles. The van der Waals surface area contributed by atoms with Crippen molar-refractivity contribution < 1.29 is 4.79 Å². The molecule has 0 spiro atoms. The summed E-state index contributed by atoms with van der Waals surface area (Å²) in [7, 11) is 1.94. The molecule has 1 radical (unpaired) electrons. The highest BCUT2D eigenvalue weighted by Gasteiger charge is 2.08. The monoisotopic (exact) mass is 172 g/mol. The number of hydrogen-bond donors (Lipinski definition) is 0. The summed E-state index contributed by atoms with van der Waals surface area (Å²) in [5, 5.41) is 0.984. The largest absolute Gasteiger partial charge is 0.350 e. The highest BCUT2D eigenvalue weighted by atomic mass is 16.1. The number of fused-ring (bicyclic) bond motifs is 1. The zero-order valence-electron chi connectivity index (χ0n) is 7.66. The van der Waals surface area contributed by atoms with Crippen molar-refractivity contribution in [2.24, 2.45) is 7.05 Å². The van der Waals surface area contributed by atoms with Gasteiger partial charge < -0.3 is 4.57 Å². The van der Waals surface area contributed by atoms with Gasteiger partial charge in [-0.05, 0) is 25.1 Å². The van der Waals surface area contributed by atoms with Crippen LogP contribution in [0.2, 0.25) is 0 Å². The standard InChI is InChI=1S/C11H10NO/c1-8(13)10-7-12(2)11-6-4-3-5-9(10)11/h4-7H,1-2H3. The molecule has 2 aromatic rings. The molecule has 0 atom stereocenters. The predicted molar refractivity (Wildman–Crippen MR) is 51.8 cm³/mol. The first-order valence-electron chi connectivity index (χ1n) is 4.16. The number of carbonyl (C=O) groups is 1. The topological polar surface area (TPSA) is 22.0 Å². The normalized spacial score (nSPS) is 10.6. The summed E-state index contributed by atoms with van der Waals surface area (Å²) in [6.45, 7) is 1.59. The SMILES string of the molecule is CC(=O)c1cn(C)c2cc[c]cc12. The Labute approximate surface area is 76.8 Å². The second-order valence-corrected chi connectivity index (χ2v) is 3.15. The lowest BCUT2D eigenvalue weighted by molar-refractivity contribution is 0.101. The molecular weight excluding hydrogens is 162 g/mol. The Balaban J connectivity index is 2.85. The first-order chi connectivity index (χ1) is 6.20. The Bertz CT molecular complexity index is 468. The van der Waals surface area contributed by atoms with E-state index in [1.165, 1.54) is 0 Å². The molecule has 0 aliphatic carbocycles. The summed E-state index contributed by atoms with van der Waals surface area (Å²) >= 11 is 0. The summed E-state index contributed by atoms with van der Waals surface area (Å²) in [6.07, 6.45) is 1.86. The van der Waals surface area contributed by atoms with Crippen LogP contribution in [0, 0.1) is 6.07 Å². The number of benzene rings is 1. The van der Waals surface area contributed by atoms with E-state index >= 15 is 0 Å². The van der Waals surface area contributed by atoms with Crippen LogP contribution in [-0.2, 0) is 7.05 Å². The van der Waals surface area contributed by atoms with Gasteiger partial charge in [0, 0.05) is 29.7 Å². The number of carbonyl (C=O) groups excluding carboxylic acids is 1. The van der Waals surface area contributed by atoms with Crippen molar-refractivity contribution in [1.29, 1.82) is 0 Å². The van der Waals surface area contributed by atoms with Crippen molar-refractivity contribution in [3.63, 3.8) is 0 Å². The first-order valence-corrected chi connectivity index (χ1v) is 4.16. The van der Waals surface area contributed by atoms with Crippen molar-refractivity contribution in [2.45, 2.75) is 6.92 Å². The molecule has 0 amide bonds. The van der Waals surface area contributed by atoms with Crippen LogP contribution in [-0.4, -0.2) is 10.4 Å². The molecule has 0 bridgehead atoms. The van der Waals surface area contributed by atoms with Crippen LogP contribution in [0.3, 0.4) is 0 Å². The lowest BCUT2D eigenvalue weighted by Gasteiger charge is -1.92. The van der Waals surface area contributed by atoms with Gasteiger partial charge in [0.05, 0.1) is 0 Å². The molecular formula is C11H10NO. The number of nitrogens with zero attached hydrogens (tertiary/aromatic N) is 1. The Morgan fingerprint density at radius 1 is 1.54 bits per heavy atom. The second-order valence-electron chi connectivity index (χ2n) is 3.15. The number of Topliss-reactive ketones (excluding diaryl/α,β-unsaturated/α-hetero) is 1. The first kappa shape index (κ1) is 8.05. The molecule has 65 valence electrons. The van der Waals surface area contributed by atoms with Gasteiger partial charge in [-0.1, -0.05) is 6.07 Å². The van der Waals surface area contributed by atoms with E-state index in [4.69, 9.17) is 0 Å². The van der Waals surface area contributed by atoms with Crippen LogP contribution in [0.1, 0.15) is 17.3 Å². The maximum absolute atomic E-state index is 11.2. The number of aromatic nitrogens is 1. The van der Waals surface area contributed by atoms with Crippen LogP contribution in [0.15, 0.2) is 24.4 Å². The summed E-state index contributed by atoms with van der Waals surface area (Å²) in [6, 6.07) is 8.65. The smallest absolute Gasteiger partial charge is 0.161 e. The van der Waals surface area contributed by atoms with E-state index in [1.807, 2.05) is 36.0 Å². The molecule has 2 nitrogen and oxygen atoms in total. The van der Waals surface area contributed by atoms with Gasteiger partial charge in [0.15, 0.2) is 5.78 Å². The van der Waals surface area contributed by atoms with Crippen molar-refractivity contribution in [1.82, 2.24) is 4.57 Å². The molecule has 0 fully saturated rings. The van der Waals surface area contributed by atoms with Gasteiger partial charge in [0.1, 0.15) is 0 Å². The lowest BCUT2D eigenvalue weighted by Crippen LogP contribution is -1.88. The maximum atomic E-state index is 11.2. The van der Waals surface area contributed by atoms with E-state index < -0.39 is 0 Å². The van der Waals surface area contributed by atoms with Crippen molar-refractivity contribution in [2.75, 3.05) is 0 Å². The van der Waals surface area contributed by atoms with E-state index in [2.05, 4.69) is 6.07 Å². The third kappa shape index (κ3) is 1.15.